The number of halogens is 1. The van der Waals surface area contributed by atoms with Crippen molar-refractivity contribution in [2.75, 3.05) is 0 Å². The van der Waals surface area contributed by atoms with Gasteiger partial charge in [-0.1, -0.05) is 121 Å². The van der Waals surface area contributed by atoms with Gasteiger partial charge in [0, 0.05) is 21.2 Å². The standard InChI is InChI=1S/C29H26ClNOS4/c1-22-12-18-25(19-13-22)31-28(32-21-23-14-16-24(30)17-15-23)20-29(35-33-26-8-4-2-5-9-26)36-34-27-10-6-3-7-11-27/h2-19,29H,20-21H2,1H3/b31-28-. The highest BCUT2D eigenvalue weighted by Crippen LogP contribution is 2.47. The van der Waals surface area contributed by atoms with E-state index in [2.05, 4.69) is 67.6 Å². The molecule has 4 rings (SSSR count). The van der Waals surface area contributed by atoms with Crippen LogP contribution in [0.1, 0.15) is 17.5 Å². The lowest BCUT2D eigenvalue weighted by Gasteiger charge is -2.17. The monoisotopic (exact) mass is 567 g/mol. The van der Waals surface area contributed by atoms with Crippen molar-refractivity contribution in [1.29, 1.82) is 0 Å². The van der Waals surface area contributed by atoms with Crippen LogP contribution >= 0.6 is 54.8 Å². The smallest absolute Gasteiger partial charge is 0.190 e. The number of aryl methyl sites for hydroxylation is 1. The van der Waals surface area contributed by atoms with Crippen molar-refractivity contribution in [3.05, 3.63) is 125 Å². The number of benzene rings is 4. The second kappa shape index (κ2) is 14.7. The molecule has 0 bridgehead atoms. The first-order valence-corrected chi connectivity index (χ1v) is 16.2. The Morgan fingerprint density at radius 3 is 1.86 bits per heavy atom. The van der Waals surface area contributed by atoms with Gasteiger partial charge in [0.05, 0.1) is 10.3 Å². The van der Waals surface area contributed by atoms with E-state index >= 15 is 0 Å². The van der Waals surface area contributed by atoms with Gasteiger partial charge in [-0.15, -0.1) is 0 Å². The molecular formula is C29H26ClNOS4. The zero-order valence-corrected chi connectivity index (χ0v) is 23.8. The van der Waals surface area contributed by atoms with E-state index in [1.807, 2.05) is 70.1 Å². The maximum absolute atomic E-state index is 6.30. The van der Waals surface area contributed by atoms with Crippen LogP contribution in [0.2, 0.25) is 5.02 Å². The van der Waals surface area contributed by atoms with E-state index in [9.17, 15) is 0 Å². The van der Waals surface area contributed by atoms with Crippen molar-refractivity contribution in [2.45, 2.75) is 34.3 Å². The second-order valence-corrected chi connectivity index (χ2v) is 13.6. The van der Waals surface area contributed by atoms with Gasteiger partial charge in [0.1, 0.15) is 6.61 Å². The third-order valence-electron chi connectivity index (χ3n) is 4.94. The second-order valence-electron chi connectivity index (χ2n) is 7.88. The van der Waals surface area contributed by atoms with Gasteiger partial charge < -0.3 is 4.74 Å². The molecule has 0 aliphatic carbocycles. The normalized spacial score (nSPS) is 11.6. The number of hydrogen-bond donors (Lipinski definition) is 0. The SMILES string of the molecule is Cc1ccc(/N=C(/CC(SSc2ccccc2)SSc2ccccc2)OCc2ccc(Cl)cc2)cc1. The first-order valence-electron chi connectivity index (χ1n) is 11.4. The molecule has 0 amide bonds. The van der Waals surface area contributed by atoms with Crippen molar-refractivity contribution in [1.82, 2.24) is 0 Å². The summed E-state index contributed by atoms with van der Waals surface area (Å²) in [5.74, 6) is 0.723. The van der Waals surface area contributed by atoms with Gasteiger partial charge >= 0.3 is 0 Å². The summed E-state index contributed by atoms with van der Waals surface area (Å²) in [4.78, 5) is 7.37. The summed E-state index contributed by atoms with van der Waals surface area (Å²) in [6.07, 6.45) is 0.691. The molecule has 0 unspecified atom stereocenters. The molecule has 0 heterocycles. The van der Waals surface area contributed by atoms with Crippen molar-refractivity contribution >= 4 is 66.4 Å². The fraction of sp³-hybridized carbons (Fsp3) is 0.138. The largest absolute Gasteiger partial charge is 0.476 e. The molecule has 0 aromatic heterocycles. The third-order valence-corrected chi connectivity index (χ3v) is 11.5. The minimum atomic E-state index is 0.217. The summed E-state index contributed by atoms with van der Waals surface area (Å²) < 4.78 is 6.52. The fourth-order valence-corrected chi connectivity index (χ4v) is 8.94. The number of nitrogens with zero attached hydrogens (tertiary/aromatic N) is 1. The molecule has 0 radical (unpaired) electrons. The van der Waals surface area contributed by atoms with Crippen LogP contribution in [0.15, 0.2) is 124 Å². The summed E-state index contributed by atoms with van der Waals surface area (Å²) in [6, 6.07) is 36.9. The molecule has 184 valence electrons. The maximum Gasteiger partial charge on any atom is 0.190 e. The number of rotatable bonds is 11. The Bertz CT molecular complexity index is 1180. The Morgan fingerprint density at radius 1 is 0.750 bits per heavy atom. The Morgan fingerprint density at radius 2 is 1.31 bits per heavy atom. The van der Waals surface area contributed by atoms with Crippen LogP contribution < -0.4 is 0 Å². The average molecular weight is 568 g/mol. The molecule has 0 atom stereocenters. The van der Waals surface area contributed by atoms with E-state index in [-0.39, 0.29) is 4.58 Å². The van der Waals surface area contributed by atoms with E-state index in [1.165, 1.54) is 15.4 Å². The highest BCUT2D eigenvalue weighted by molar-refractivity contribution is 8.85. The Balaban J connectivity index is 1.51. The summed E-state index contributed by atoms with van der Waals surface area (Å²) >= 11 is 6.06. The predicted molar refractivity (Wildman–Crippen MR) is 163 cm³/mol. The first kappa shape index (κ1) is 27.1. The van der Waals surface area contributed by atoms with Gasteiger partial charge in [0.25, 0.3) is 0 Å². The lowest BCUT2D eigenvalue weighted by Crippen LogP contribution is -2.10. The Hall–Kier alpha value is -1.96. The van der Waals surface area contributed by atoms with Crippen LogP contribution in [-0.4, -0.2) is 10.5 Å². The van der Waals surface area contributed by atoms with Crippen LogP contribution in [0.25, 0.3) is 0 Å². The van der Waals surface area contributed by atoms with Crippen molar-refractivity contribution < 1.29 is 4.74 Å². The summed E-state index contributed by atoms with van der Waals surface area (Å²) in [5.41, 5.74) is 3.16. The predicted octanol–water partition coefficient (Wildman–Crippen LogP) is 10.5. The molecule has 0 aliphatic rings. The molecule has 36 heavy (non-hydrogen) atoms. The molecular weight excluding hydrogens is 542 g/mol. The molecule has 0 N–H and O–H groups in total. The van der Waals surface area contributed by atoms with E-state index in [0.29, 0.717) is 13.0 Å². The van der Waals surface area contributed by atoms with Gasteiger partial charge in [0.15, 0.2) is 5.90 Å². The minimum Gasteiger partial charge on any atom is -0.476 e. The van der Waals surface area contributed by atoms with Crippen LogP contribution in [0, 0.1) is 6.92 Å². The molecule has 0 saturated carbocycles. The van der Waals surface area contributed by atoms with Gasteiger partial charge in [-0.3, -0.25) is 0 Å². The zero-order chi connectivity index (χ0) is 25.0. The van der Waals surface area contributed by atoms with E-state index in [0.717, 1.165) is 22.2 Å². The number of ether oxygens (including phenoxy) is 1. The number of hydrogen-bond acceptors (Lipinski definition) is 6. The van der Waals surface area contributed by atoms with Gasteiger partial charge in [-0.05, 0) is 61.0 Å². The minimum absolute atomic E-state index is 0.217. The molecule has 7 heteroatoms. The van der Waals surface area contributed by atoms with Crippen LogP contribution in [0.4, 0.5) is 5.69 Å². The molecule has 0 aliphatic heterocycles. The first-order chi connectivity index (χ1) is 17.6. The quantitative estimate of drug-likeness (QED) is 0.0775. The van der Waals surface area contributed by atoms with E-state index in [4.69, 9.17) is 21.3 Å². The van der Waals surface area contributed by atoms with E-state index < -0.39 is 0 Å². The maximum atomic E-state index is 6.30. The van der Waals surface area contributed by atoms with Gasteiger partial charge in [-0.25, -0.2) is 4.99 Å². The molecule has 0 fully saturated rings. The average Bonchev–Trinajstić information content (AvgIpc) is 2.92. The topological polar surface area (TPSA) is 21.6 Å². The van der Waals surface area contributed by atoms with Crippen LogP contribution in [-0.2, 0) is 11.3 Å². The summed E-state index contributed by atoms with van der Waals surface area (Å²) in [7, 11) is 7.25. The summed E-state index contributed by atoms with van der Waals surface area (Å²) in [6.45, 7) is 2.53. The third kappa shape index (κ3) is 9.49. The highest BCUT2D eigenvalue weighted by atomic mass is 35.5. The molecule has 2 nitrogen and oxygen atoms in total. The number of aliphatic imine (C=N–C) groups is 1. The highest BCUT2D eigenvalue weighted by Gasteiger charge is 2.18. The molecule has 0 saturated heterocycles. The van der Waals surface area contributed by atoms with Crippen molar-refractivity contribution in [3.63, 3.8) is 0 Å². The van der Waals surface area contributed by atoms with Gasteiger partial charge in [0.2, 0.25) is 0 Å². The Kier molecular flexibility index (Phi) is 11.1. The molecule has 4 aromatic rings. The zero-order valence-electron chi connectivity index (χ0n) is 19.8. The fourth-order valence-electron chi connectivity index (χ4n) is 3.04. The Labute approximate surface area is 234 Å². The van der Waals surface area contributed by atoms with Crippen molar-refractivity contribution in [3.8, 4) is 0 Å². The molecule has 0 spiro atoms. The van der Waals surface area contributed by atoms with E-state index in [1.54, 1.807) is 21.6 Å². The summed E-state index contributed by atoms with van der Waals surface area (Å²) in [5, 5.41) is 0.719. The lowest BCUT2D eigenvalue weighted by atomic mass is 10.2. The van der Waals surface area contributed by atoms with Crippen LogP contribution in [0.3, 0.4) is 0 Å². The van der Waals surface area contributed by atoms with Gasteiger partial charge in [-0.2, -0.15) is 0 Å². The van der Waals surface area contributed by atoms with Crippen molar-refractivity contribution in [2.24, 2.45) is 4.99 Å². The van der Waals surface area contributed by atoms with Crippen LogP contribution in [0.5, 0.6) is 0 Å². The lowest BCUT2D eigenvalue weighted by molar-refractivity contribution is 0.285. The molecule has 4 aromatic carbocycles.